The van der Waals surface area contributed by atoms with Gasteiger partial charge in [-0.25, -0.2) is 17.9 Å². The summed E-state index contributed by atoms with van der Waals surface area (Å²) in [5.74, 6) is -1.52. The van der Waals surface area contributed by atoms with E-state index in [1.807, 2.05) is 6.92 Å². The Bertz CT molecular complexity index is 560. The van der Waals surface area contributed by atoms with Gasteiger partial charge >= 0.3 is 0 Å². The quantitative estimate of drug-likeness (QED) is 0.733. The van der Waals surface area contributed by atoms with E-state index in [9.17, 15) is 17.6 Å². The molecule has 6 nitrogen and oxygen atoms in total. The Morgan fingerprint density at radius 3 is 2.74 bits per heavy atom. The first-order chi connectivity index (χ1) is 8.86. The fourth-order valence-electron chi connectivity index (χ4n) is 1.35. The molecular formula is C11H15FN2O4S. The van der Waals surface area contributed by atoms with Crippen molar-refractivity contribution >= 4 is 15.9 Å². The van der Waals surface area contributed by atoms with Crippen molar-refractivity contribution in [2.75, 3.05) is 19.8 Å². The highest BCUT2D eigenvalue weighted by Gasteiger charge is 2.17. The lowest BCUT2D eigenvalue weighted by atomic mass is 10.2. The smallest absolute Gasteiger partial charge is 0.251 e. The number of primary sulfonamides is 1. The molecule has 0 spiro atoms. The van der Waals surface area contributed by atoms with Crippen LogP contribution in [-0.2, 0) is 14.8 Å². The van der Waals surface area contributed by atoms with Gasteiger partial charge in [-0.2, -0.15) is 0 Å². The van der Waals surface area contributed by atoms with E-state index < -0.39 is 26.6 Å². The Morgan fingerprint density at radius 1 is 1.47 bits per heavy atom. The minimum Gasteiger partial charge on any atom is -0.380 e. The van der Waals surface area contributed by atoms with E-state index in [0.717, 1.165) is 12.1 Å². The normalized spacial score (nSPS) is 11.3. The van der Waals surface area contributed by atoms with Crippen molar-refractivity contribution in [3.8, 4) is 0 Å². The summed E-state index contributed by atoms with van der Waals surface area (Å²) < 4.78 is 40.5. The Morgan fingerprint density at radius 2 is 2.16 bits per heavy atom. The van der Waals surface area contributed by atoms with Crippen molar-refractivity contribution in [2.45, 2.75) is 11.8 Å². The van der Waals surface area contributed by atoms with Crippen molar-refractivity contribution in [3.05, 3.63) is 29.6 Å². The SMILES string of the molecule is CCOCCNC(=O)c1ccc(F)c(S(N)(=O)=O)c1. The van der Waals surface area contributed by atoms with Crippen LogP contribution in [0.1, 0.15) is 17.3 Å². The van der Waals surface area contributed by atoms with Gasteiger partial charge in [-0.05, 0) is 25.1 Å². The summed E-state index contributed by atoms with van der Waals surface area (Å²) in [6.07, 6.45) is 0. The summed E-state index contributed by atoms with van der Waals surface area (Å²) in [6.45, 7) is 2.96. The maximum Gasteiger partial charge on any atom is 0.251 e. The lowest BCUT2D eigenvalue weighted by Gasteiger charge is -2.07. The summed E-state index contributed by atoms with van der Waals surface area (Å²) in [6, 6.07) is 2.97. The highest BCUT2D eigenvalue weighted by molar-refractivity contribution is 7.89. The van der Waals surface area contributed by atoms with Crippen LogP contribution in [0.25, 0.3) is 0 Å². The van der Waals surface area contributed by atoms with Gasteiger partial charge in [-0.3, -0.25) is 4.79 Å². The summed E-state index contributed by atoms with van der Waals surface area (Å²) in [5.41, 5.74) is 0.0157. The number of carbonyl (C=O) groups excluding carboxylic acids is 1. The molecule has 0 saturated carbocycles. The minimum atomic E-state index is -4.20. The maximum atomic E-state index is 13.3. The van der Waals surface area contributed by atoms with Crippen molar-refractivity contribution in [3.63, 3.8) is 0 Å². The molecule has 106 valence electrons. The highest BCUT2D eigenvalue weighted by Crippen LogP contribution is 2.14. The molecule has 0 aliphatic heterocycles. The topological polar surface area (TPSA) is 98.5 Å². The molecule has 0 aromatic heterocycles. The zero-order chi connectivity index (χ0) is 14.5. The van der Waals surface area contributed by atoms with Gasteiger partial charge in [0, 0.05) is 18.7 Å². The number of sulfonamides is 1. The van der Waals surface area contributed by atoms with Crippen LogP contribution in [0.2, 0.25) is 0 Å². The number of hydrogen-bond acceptors (Lipinski definition) is 4. The Hall–Kier alpha value is -1.51. The van der Waals surface area contributed by atoms with Gasteiger partial charge in [0.1, 0.15) is 10.7 Å². The molecule has 0 radical (unpaired) electrons. The second-order valence-electron chi connectivity index (χ2n) is 3.64. The predicted molar refractivity (Wildman–Crippen MR) is 66.6 cm³/mol. The summed E-state index contributed by atoms with van der Waals surface area (Å²) in [7, 11) is -4.20. The number of hydrogen-bond donors (Lipinski definition) is 2. The molecule has 1 amide bonds. The van der Waals surface area contributed by atoms with Crippen LogP contribution in [0.4, 0.5) is 4.39 Å². The van der Waals surface area contributed by atoms with E-state index >= 15 is 0 Å². The molecule has 0 fully saturated rings. The molecule has 0 saturated heterocycles. The summed E-state index contributed by atoms with van der Waals surface area (Å²) >= 11 is 0. The standard InChI is InChI=1S/C11H15FN2O4S/c1-2-18-6-5-14-11(15)8-3-4-9(12)10(7-8)19(13,16)17/h3-4,7H,2,5-6H2,1H3,(H,14,15)(H2,13,16,17). The van der Waals surface area contributed by atoms with Gasteiger partial charge in [0.05, 0.1) is 6.61 Å². The number of halogens is 1. The number of carbonyl (C=O) groups is 1. The summed E-state index contributed by atoms with van der Waals surface area (Å²) in [5, 5.41) is 7.36. The molecule has 0 bridgehead atoms. The number of nitrogens with two attached hydrogens (primary N) is 1. The Balaban J connectivity index is 2.82. The van der Waals surface area contributed by atoms with Crippen LogP contribution < -0.4 is 10.5 Å². The van der Waals surface area contributed by atoms with Crippen molar-refractivity contribution in [2.24, 2.45) is 5.14 Å². The molecule has 3 N–H and O–H groups in total. The Labute approximate surface area is 110 Å². The lowest BCUT2D eigenvalue weighted by Crippen LogP contribution is -2.27. The third-order valence-corrected chi connectivity index (χ3v) is 3.16. The second-order valence-corrected chi connectivity index (χ2v) is 5.17. The first-order valence-electron chi connectivity index (χ1n) is 5.54. The van der Waals surface area contributed by atoms with Gasteiger partial charge in [0.15, 0.2) is 0 Å². The second kappa shape index (κ2) is 6.60. The lowest BCUT2D eigenvalue weighted by molar-refractivity contribution is 0.0922. The van der Waals surface area contributed by atoms with Gasteiger partial charge in [-0.1, -0.05) is 0 Å². The van der Waals surface area contributed by atoms with Crippen molar-refractivity contribution in [1.82, 2.24) is 5.32 Å². The minimum absolute atomic E-state index is 0.0157. The molecule has 19 heavy (non-hydrogen) atoms. The largest absolute Gasteiger partial charge is 0.380 e. The van der Waals surface area contributed by atoms with Gasteiger partial charge in [0.2, 0.25) is 10.0 Å². The molecule has 1 aromatic rings. The van der Waals surface area contributed by atoms with E-state index in [4.69, 9.17) is 9.88 Å². The van der Waals surface area contributed by atoms with E-state index in [1.165, 1.54) is 6.07 Å². The number of rotatable bonds is 6. The molecular weight excluding hydrogens is 275 g/mol. The zero-order valence-corrected chi connectivity index (χ0v) is 11.2. The highest BCUT2D eigenvalue weighted by atomic mass is 32.2. The van der Waals surface area contributed by atoms with Crippen molar-refractivity contribution in [1.29, 1.82) is 0 Å². The number of benzene rings is 1. The Kier molecular flexibility index (Phi) is 5.40. The van der Waals surface area contributed by atoms with E-state index in [0.29, 0.717) is 13.2 Å². The first-order valence-corrected chi connectivity index (χ1v) is 7.09. The monoisotopic (exact) mass is 290 g/mol. The van der Waals surface area contributed by atoms with Crippen LogP contribution in [-0.4, -0.2) is 34.1 Å². The molecule has 0 atom stereocenters. The first kappa shape index (κ1) is 15.5. The molecule has 1 rings (SSSR count). The van der Waals surface area contributed by atoms with Crippen molar-refractivity contribution < 1.29 is 22.3 Å². The predicted octanol–water partition coefficient (Wildman–Crippen LogP) is 0.239. The molecule has 0 unspecified atom stereocenters. The number of nitrogens with one attached hydrogen (secondary N) is 1. The maximum absolute atomic E-state index is 13.3. The molecule has 0 aliphatic carbocycles. The third kappa shape index (κ3) is 4.58. The van der Waals surface area contributed by atoms with Crippen LogP contribution in [0.15, 0.2) is 23.1 Å². The zero-order valence-electron chi connectivity index (χ0n) is 10.3. The number of amides is 1. The fourth-order valence-corrected chi connectivity index (χ4v) is 1.98. The van der Waals surface area contributed by atoms with E-state index in [-0.39, 0.29) is 12.1 Å². The molecule has 0 heterocycles. The van der Waals surface area contributed by atoms with Gasteiger partial charge < -0.3 is 10.1 Å². The van der Waals surface area contributed by atoms with E-state index in [1.54, 1.807) is 0 Å². The van der Waals surface area contributed by atoms with Crippen LogP contribution in [0, 0.1) is 5.82 Å². The van der Waals surface area contributed by atoms with Crippen LogP contribution in [0.3, 0.4) is 0 Å². The molecule has 8 heteroatoms. The molecule has 1 aromatic carbocycles. The fraction of sp³-hybridized carbons (Fsp3) is 0.364. The molecule has 0 aliphatic rings. The average molecular weight is 290 g/mol. The third-order valence-electron chi connectivity index (χ3n) is 2.24. The van der Waals surface area contributed by atoms with Gasteiger partial charge in [0.25, 0.3) is 5.91 Å². The van der Waals surface area contributed by atoms with Crippen LogP contribution in [0.5, 0.6) is 0 Å². The summed E-state index contributed by atoms with van der Waals surface area (Å²) in [4.78, 5) is 11.0. The number of ether oxygens (including phenoxy) is 1. The van der Waals surface area contributed by atoms with E-state index in [2.05, 4.69) is 5.32 Å². The van der Waals surface area contributed by atoms with Gasteiger partial charge in [-0.15, -0.1) is 0 Å². The van der Waals surface area contributed by atoms with Crippen LogP contribution >= 0.6 is 0 Å². The average Bonchev–Trinajstić information content (AvgIpc) is 2.33.